The van der Waals surface area contributed by atoms with E-state index in [-0.39, 0.29) is 11.4 Å². The molecule has 0 N–H and O–H groups in total. The van der Waals surface area contributed by atoms with Gasteiger partial charge in [0.2, 0.25) is 0 Å². The molecular weight excluding hydrogens is 748 g/mol. The Labute approximate surface area is 349 Å². The lowest BCUT2D eigenvalue weighted by Gasteiger charge is -2.40. The van der Waals surface area contributed by atoms with Gasteiger partial charge in [-0.3, -0.25) is 0 Å². The van der Waals surface area contributed by atoms with Crippen LogP contribution in [0.25, 0.3) is 82.1 Å². The first kappa shape index (κ1) is 32.9. The molecule has 10 aromatic carbocycles. The Balaban J connectivity index is 1.20. The zero-order chi connectivity index (χ0) is 40.0. The van der Waals surface area contributed by atoms with Gasteiger partial charge < -0.3 is 13.9 Å². The fraction of sp³-hybridized carbons (Fsp3) is 0.0175. The number of aromatic nitrogens is 1. The van der Waals surface area contributed by atoms with E-state index in [0.29, 0.717) is 5.58 Å². The standard InChI is InChI=1S/C57H33FN2O/c58-47-27-13-23-41-42-24-14-30-50(56(42)61-55(41)47)59(35-16-2-1-3-17-35)51-33-46-53(39-21-7-6-19-37(39)51)52-36-18-5-4-15-34(36)31-32-44(52)57(46)43-25-9-11-29-49(43)60-48-28-10-8-20-38(48)40-22-12-26-45(57)54(40)60/h1-33H. The monoisotopic (exact) mass is 780 g/mol. The molecule has 1 aliphatic carbocycles. The van der Waals surface area contributed by atoms with Gasteiger partial charge in [-0.1, -0.05) is 158 Å². The van der Waals surface area contributed by atoms with Crippen LogP contribution in [0, 0.1) is 5.82 Å². The highest BCUT2D eigenvalue weighted by Gasteiger charge is 2.52. The van der Waals surface area contributed by atoms with E-state index in [0.717, 1.165) is 33.2 Å². The molecule has 14 rings (SSSR count). The molecular formula is C57H33FN2O. The SMILES string of the molecule is Fc1cccc2c1oc1c(N(c3ccccc3)c3cc4c(c5ccccc35)-c3c(ccc5ccccc35)C43c4ccccc4-n4c5ccccc5c5cccc3c54)cccc12. The summed E-state index contributed by atoms with van der Waals surface area (Å²) in [6, 6.07) is 71.5. The van der Waals surface area contributed by atoms with Crippen molar-refractivity contribution in [1.82, 2.24) is 4.57 Å². The highest BCUT2D eigenvalue weighted by molar-refractivity contribution is 6.19. The number of halogens is 1. The Morgan fingerprint density at radius 1 is 0.426 bits per heavy atom. The molecule has 284 valence electrons. The zero-order valence-electron chi connectivity index (χ0n) is 32.7. The van der Waals surface area contributed by atoms with Gasteiger partial charge in [-0.05, 0) is 92.0 Å². The fourth-order valence-electron chi connectivity index (χ4n) is 11.3. The van der Waals surface area contributed by atoms with Gasteiger partial charge in [-0.2, -0.15) is 0 Å². The average molecular weight is 781 g/mol. The van der Waals surface area contributed by atoms with E-state index < -0.39 is 5.41 Å². The van der Waals surface area contributed by atoms with Crippen molar-refractivity contribution < 1.29 is 8.81 Å². The summed E-state index contributed by atoms with van der Waals surface area (Å²) in [4.78, 5) is 2.33. The van der Waals surface area contributed by atoms with E-state index in [1.54, 1.807) is 6.07 Å². The maximum Gasteiger partial charge on any atom is 0.171 e. The Hall–Kier alpha value is -7.95. The molecule has 0 saturated heterocycles. The predicted molar refractivity (Wildman–Crippen MR) is 249 cm³/mol. The maximum absolute atomic E-state index is 15.5. The zero-order valence-corrected chi connectivity index (χ0v) is 32.7. The number of rotatable bonds is 3. The van der Waals surface area contributed by atoms with Crippen LogP contribution in [0.15, 0.2) is 205 Å². The number of benzene rings is 10. The van der Waals surface area contributed by atoms with E-state index in [1.165, 1.54) is 83.1 Å². The molecule has 3 nitrogen and oxygen atoms in total. The van der Waals surface area contributed by atoms with Gasteiger partial charge in [-0.25, -0.2) is 4.39 Å². The van der Waals surface area contributed by atoms with Crippen molar-refractivity contribution in [2.24, 2.45) is 0 Å². The van der Waals surface area contributed by atoms with Crippen molar-refractivity contribution >= 4 is 82.4 Å². The summed E-state index contributed by atoms with van der Waals surface area (Å²) in [6.45, 7) is 0. The number of nitrogens with zero attached hydrogens (tertiary/aromatic N) is 2. The van der Waals surface area contributed by atoms with Crippen LogP contribution in [0.3, 0.4) is 0 Å². The van der Waals surface area contributed by atoms with Crippen LogP contribution in [0.1, 0.15) is 22.3 Å². The molecule has 4 heteroatoms. The van der Waals surface area contributed by atoms with Crippen molar-refractivity contribution in [3.63, 3.8) is 0 Å². The maximum atomic E-state index is 15.5. The summed E-state index contributed by atoms with van der Waals surface area (Å²) in [6.07, 6.45) is 0. The topological polar surface area (TPSA) is 21.3 Å². The lowest BCUT2D eigenvalue weighted by atomic mass is 9.65. The van der Waals surface area contributed by atoms with Crippen LogP contribution in [0.4, 0.5) is 21.5 Å². The molecule has 1 atom stereocenters. The molecule has 0 amide bonds. The van der Waals surface area contributed by atoms with E-state index in [1.807, 2.05) is 12.1 Å². The number of anilines is 3. The first-order valence-corrected chi connectivity index (χ1v) is 20.9. The second-order valence-electron chi connectivity index (χ2n) is 16.4. The molecule has 0 saturated carbocycles. The lowest BCUT2D eigenvalue weighted by molar-refractivity contribution is 0.584. The summed E-state index contributed by atoms with van der Waals surface area (Å²) >= 11 is 0. The minimum absolute atomic E-state index is 0.264. The minimum atomic E-state index is -0.690. The molecule has 2 aromatic heterocycles. The summed E-state index contributed by atoms with van der Waals surface area (Å²) in [7, 11) is 0. The van der Waals surface area contributed by atoms with E-state index in [9.17, 15) is 0 Å². The van der Waals surface area contributed by atoms with Crippen molar-refractivity contribution in [2.45, 2.75) is 5.41 Å². The molecule has 0 fully saturated rings. The van der Waals surface area contributed by atoms with Crippen LogP contribution in [0.5, 0.6) is 0 Å². The molecule has 1 unspecified atom stereocenters. The van der Waals surface area contributed by atoms with Gasteiger partial charge in [0.1, 0.15) is 0 Å². The Morgan fingerprint density at radius 2 is 1.07 bits per heavy atom. The molecule has 12 aromatic rings. The van der Waals surface area contributed by atoms with E-state index >= 15 is 4.39 Å². The van der Waals surface area contributed by atoms with Crippen molar-refractivity contribution in [3.8, 4) is 16.8 Å². The number of furan rings is 1. The molecule has 61 heavy (non-hydrogen) atoms. The number of hydrogen-bond acceptors (Lipinski definition) is 2. The molecule has 1 spiro atoms. The predicted octanol–water partition coefficient (Wildman–Crippen LogP) is 15.3. The third kappa shape index (κ3) is 4.07. The van der Waals surface area contributed by atoms with E-state index in [2.05, 4.69) is 185 Å². The van der Waals surface area contributed by atoms with Crippen molar-refractivity contribution in [1.29, 1.82) is 0 Å². The summed E-state index contributed by atoms with van der Waals surface area (Å²) in [5.41, 5.74) is 14.2. The lowest BCUT2D eigenvalue weighted by Crippen LogP contribution is -2.33. The first-order valence-electron chi connectivity index (χ1n) is 20.9. The Morgan fingerprint density at radius 3 is 1.95 bits per heavy atom. The molecule has 3 heterocycles. The number of fused-ring (bicyclic) bond motifs is 19. The summed E-state index contributed by atoms with van der Waals surface area (Å²) < 4.78 is 24.6. The highest BCUT2D eigenvalue weighted by Crippen LogP contribution is 2.64. The van der Waals surface area contributed by atoms with Gasteiger partial charge >= 0.3 is 0 Å². The molecule has 0 radical (unpaired) electrons. The normalized spacial score (nSPS) is 15.0. The van der Waals surface area contributed by atoms with Gasteiger partial charge in [-0.15, -0.1) is 0 Å². The van der Waals surface area contributed by atoms with Crippen LogP contribution >= 0.6 is 0 Å². The second-order valence-corrected chi connectivity index (χ2v) is 16.4. The third-order valence-electron chi connectivity index (χ3n) is 13.6. The van der Waals surface area contributed by atoms with Crippen molar-refractivity contribution in [3.05, 3.63) is 228 Å². The van der Waals surface area contributed by atoms with Gasteiger partial charge in [0.05, 0.1) is 33.5 Å². The minimum Gasteiger partial charge on any atom is -0.451 e. The summed E-state index contributed by atoms with van der Waals surface area (Å²) in [5, 5.41) is 8.84. The van der Waals surface area contributed by atoms with Gasteiger partial charge in [0.15, 0.2) is 17.0 Å². The van der Waals surface area contributed by atoms with Crippen molar-refractivity contribution in [2.75, 3.05) is 4.90 Å². The third-order valence-corrected chi connectivity index (χ3v) is 13.6. The van der Waals surface area contributed by atoms with Crippen LogP contribution in [0.2, 0.25) is 0 Å². The molecule has 1 aliphatic heterocycles. The number of hydrogen-bond donors (Lipinski definition) is 0. The average Bonchev–Trinajstić information content (AvgIpc) is 3.97. The molecule has 2 aliphatic rings. The second kappa shape index (κ2) is 11.8. The Bertz CT molecular complexity index is 3860. The fourth-order valence-corrected chi connectivity index (χ4v) is 11.3. The quantitative estimate of drug-likeness (QED) is 0.178. The summed E-state index contributed by atoms with van der Waals surface area (Å²) in [5.74, 6) is -0.372. The smallest absolute Gasteiger partial charge is 0.171 e. The largest absolute Gasteiger partial charge is 0.451 e. The van der Waals surface area contributed by atoms with E-state index in [4.69, 9.17) is 4.42 Å². The van der Waals surface area contributed by atoms with Crippen LogP contribution in [-0.4, -0.2) is 4.57 Å². The van der Waals surface area contributed by atoms with Gasteiger partial charge in [0.25, 0.3) is 0 Å². The Kier molecular flexibility index (Phi) is 6.39. The number of para-hydroxylation sites is 6. The van der Waals surface area contributed by atoms with Crippen LogP contribution in [-0.2, 0) is 5.41 Å². The molecule has 0 bridgehead atoms. The van der Waals surface area contributed by atoms with Gasteiger partial charge in [0, 0.05) is 32.6 Å². The first-order chi connectivity index (χ1) is 30.2. The highest BCUT2D eigenvalue weighted by atomic mass is 19.1. The van der Waals surface area contributed by atoms with Crippen LogP contribution < -0.4 is 4.90 Å².